The molecule has 1 aliphatic heterocycles. The van der Waals surface area contributed by atoms with Gasteiger partial charge in [-0.25, -0.2) is 0 Å². The Bertz CT molecular complexity index is 886. The van der Waals surface area contributed by atoms with Crippen LogP contribution in [-0.2, 0) is 14.3 Å². The largest absolute Gasteiger partial charge is 0.457 e. The summed E-state index contributed by atoms with van der Waals surface area (Å²) in [5, 5.41) is 0. The van der Waals surface area contributed by atoms with E-state index in [1.807, 2.05) is 57.2 Å². The van der Waals surface area contributed by atoms with Gasteiger partial charge in [-0.05, 0) is 38.5 Å². The number of anilines is 1. The van der Waals surface area contributed by atoms with Gasteiger partial charge in [0.2, 0.25) is 11.7 Å². The van der Waals surface area contributed by atoms with Crippen molar-refractivity contribution in [3.8, 4) is 0 Å². The van der Waals surface area contributed by atoms with E-state index in [1.165, 1.54) is 0 Å². The Hall–Kier alpha value is -2.95. The molecule has 27 heavy (non-hydrogen) atoms. The van der Waals surface area contributed by atoms with E-state index < -0.39 is 11.9 Å². The zero-order chi connectivity index (χ0) is 19.6. The van der Waals surface area contributed by atoms with Gasteiger partial charge in [-0.3, -0.25) is 14.4 Å². The fourth-order valence-electron chi connectivity index (χ4n) is 3.30. The molecule has 1 saturated heterocycles. The molecule has 0 N–H and O–H groups in total. The maximum atomic E-state index is 12.3. The number of hydrogen-bond acceptors (Lipinski definition) is 4. The lowest BCUT2D eigenvalue weighted by molar-refractivity contribution is -0.147. The maximum absolute atomic E-state index is 12.3. The highest BCUT2D eigenvalue weighted by Gasteiger charge is 2.36. The third kappa shape index (κ3) is 4.25. The number of amides is 1. The molecule has 2 aromatic rings. The van der Waals surface area contributed by atoms with Crippen molar-refractivity contribution in [3.05, 3.63) is 64.7 Å². The first kappa shape index (κ1) is 18.8. The Morgan fingerprint density at radius 2 is 1.70 bits per heavy atom. The Balaban J connectivity index is 1.59. The van der Waals surface area contributed by atoms with Crippen molar-refractivity contribution in [3.63, 3.8) is 0 Å². The van der Waals surface area contributed by atoms with Gasteiger partial charge in [-0.1, -0.05) is 41.5 Å². The van der Waals surface area contributed by atoms with Crippen LogP contribution in [0, 0.1) is 26.7 Å². The van der Waals surface area contributed by atoms with Crippen LogP contribution in [0.15, 0.2) is 42.5 Å². The maximum Gasteiger partial charge on any atom is 0.311 e. The second-order valence-corrected chi connectivity index (χ2v) is 7.09. The predicted molar refractivity (Wildman–Crippen MR) is 103 cm³/mol. The number of ketones is 1. The molecule has 140 valence electrons. The van der Waals surface area contributed by atoms with Gasteiger partial charge < -0.3 is 9.64 Å². The minimum absolute atomic E-state index is 0.102. The van der Waals surface area contributed by atoms with Gasteiger partial charge in [-0.15, -0.1) is 0 Å². The summed E-state index contributed by atoms with van der Waals surface area (Å²) in [5.41, 5.74) is 4.36. The SMILES string of the molecule is Cc1ccc(N2C[C@@H](C(=O)OCC(=O)c3ccc(C)cc3C)CC2=O)cc1. The van der Waals surface area contributed by atoms with E-state index in [9.17, 15) is 14.4 Å². The van der Waals surface area contributed by atoms with Crippen LogP contribution in [0.25, 0.3) is 0 Å². The molecule has 0 aromatic heterocycles. The van der Waals surface area contributed by atoms with Crippen molar-refractivity contribution in [2.24, 2.45) is 5.92 Å². The molecular weight excluding hydrogens is 342 g/mol. The van der Waals surface area contributed by atoms with Gasteiger partial charge in [0.1, 0.15) is 0 Å². The summed E-state index contributed by atoms with van der Waals surface area (Å²) in [6, 6.07) is 13.1. The van der Waals surface area contributed by atoms with Gasteiger partial charge in [0.15, 0.2) is 6.61 Å². The number of Topliss-reactive ketones (excluding diaryl/α,β-unsaturated/α-hetero) is 1. The molecule has 0 saturated carbocycles. The van der Waals surface area contributed by atoms with E-state index >= 15 is 0 Å². The zero-order valence-electron chi connectivity index (χ0n) is 15.8. The minimum Gasteiger partial charge on any atom is -0.457 e. The Morgan fingerprint density at radius 1 is 1.04 bits per heavy atom. The number of rotatable bonds is 5. The van der Waals surface area contributed by atoms with Crippen LogP contribution in [0.2, 0.25) is 0 Å². The Kier molecular flexibility index (Phi) is 5.40. The zero-order valence-corrected chi connectivity index (χ0v) is 15.8. The van der Waals surface area contributed by atoms with Crippen LogP contribution in [0.5, 0.6) is 0 Å². The third-order valence-corrected chi connectivity index (χ3v) is 4.83. The first-order valence-electron chi connectivity index (χ1n) is 8.99. The van der Waals surface area contributed by atoms with Crippen molar-refractivity contribution in [2.75, 3.05) is 18.1 Å². The van der Waals surface area contributed by atoms with E-state index in [-0.39, 0.29) is 31.3 Å². The molecule has 0 aliphatic carbocycles. The summed E-state index contributed by atoms with van der Waals surface area (Å²) in [6.45, 7) is 5.76. The van der Waals surface area contributed by atoms with Gasteiger partial charge in [-0.2, -0.15) is 0 Å². The van der Waals surface area contributed by atoms with E-state index in [4.69, 9.17) is 4.74 Å². The Labute approximate surface area is 158 Å². The van der Waals surface area contributed by atoms with Gasteiger partial charge in [0.05, 0.1) is 5.92 Å². The number of ether oxygens (including phenoxy) is 1. The van der Waals surface area contributed by atoms with Gasteiger partial charge >= 0.3 is 5.97 Å². The lowest BCUT2D eigenvalue weighted by Gasteiger charge is -2.16. The van der Waals surface area contributed by atoms with E-state index in [1.54, 1.807) is 11.0 Å². The van der Waals surface area contributed by atoms with Crippen molar-refractivity contribution < 1.29 is 19.1 Å². The number of nitrogens with zero attached hydrogens (tertiary/aromatic N) is 1. The molecule has 1 atom stereocenters. The van der Waals surface area contributed by atoms with Crippen LogP contribution in [0.1, 0.15) is 33.5 Å². The van der Waals surface area contributed by atoms with Crippen LogP contribution in [0.4, 0.5) is 5.69 Å². The van der Waals surface area contributed by atoms with E-state index in [0.717, 1.165) is 22.4 Å². The van der Waals surface area contributed by atoms with Crippen LogP contribution in [0.3, 0.4) is 0 Å². The average molecular weight is 365 g/mol. The number of hydrogen-bond donors (Lipinski definition) is 0. The summed E-state index contributed by atoms with van der Waals surface area (Å²) in [5.74, 6) is -1.40. The smallest absolute Gasteiger partial charge is 0.311 e. The molecule has 1 heterocycles. The summed E-state index contributed by atoms with van der Waals surface area (Å²) < 4.78 is 5.21. The highest BCUT2D eigenvalue weighted by atomic mass is 16.5. The van der Waals surface area contributed by atoms with Crippen molar-refractivity contribution >= 4 is 23.3 Å². The standard InChI is InChI=1S/C22H23NO4/c1-14-4-7-18(8-5-14)23-12-17(11-21(23)25)22(26)27-13-20(24)19-9-6-15(2)10-16(19)3/h4-10,17H,11-13H2,1-3H3/t17-/m0/s1. The summed E-state index contributed by atoms with van der Waals surface area (Å²) in [6.07, 6.45) is 0.102. The van der Waals surface area contributed by atoms with Crippen LogP contribution in [-0.4, -0.2) is 30.8 Å². The number of aryl methyl sites for hydroxylation is 3. The number of esters is 1. The second kappa shape index (κ2) is 7.74. The highest BCUT2D eigenvalue weighted by molar-refractivity contribution is 6.01. The topological polar surface area (TPSA) is 63.7 Å². The van der Waals surface area contributed by atoms with Crippen molar-refractivity contribution in [2.45, 2.75) is 27.2 Å². The molecule has 5 heteroatoms. The molecule has 1 amide bonds. The minimum atomic E-state index is -0.550. The fraction of sp³-hybridized carbons (Fsp3) is 0.318. The number of benzene rings is 2. The first-order valence-corrected chi connectivity index (χ1v) is 8.99. The Morgan fingerprint density at radius 3 is 2.37 bits per heavy atom. The molecule has 1 fully saturated rings. The second-order valence-electron chi connectivity index (χ2n) is 7.09. The molecule has 0 unspecified atom stereocenters. The summed E-state index contributed by atoms with van der Waals surface area (Å²) in [4.78, 5) is 38.5. The van der Waals surface area contributed by atoms with Crippen LogP contribution < -0.4 is 4.90 Å². The fourth-order valence-corrected chi connectivity index (χ4v) is 3.30. The molecule has 0 radical (unpaired) electrons. The summed E-state index contributed by atoms with van der Waals surface area (Å²) >= 11 is 0. The monoisotopic (exact) mass is 365 g/mol. The lowest BCUT2D eigenvalue weighted by Crippen LogP contribution is -2.27. The molecule has 0 bridgehead atoms. The quantitative estimate of drug-likeness (QED) is 0.602. The molecule has 3 rings (SSSR count). The van der Waals surface area contributed by atoms with Crippen molar-refractivity contribution in [1.29, 1.82) is 0 Å². The molecule has 2 aromatic carbocycles. The normalized spacial score (nSPS) is 16.5. The average Bonchev–Trinajstić information content (AvgIpc) is 3.02. The molecular formula is C22H23NO4. The molecule has 0 spiro atoms. The van der Waals surface area contributed by atoms with Gasteiger partial charge in [0.25, 0.3) is 0 Å². The van der Waals surface area contributed by atoms with Crippen LogP contribution >= 0.6 is 0 Å². The molecule has 1 aliphatic rings. The first-order chi connectivity index (χ1) is 12.8. The van der Waals surface area contributed by atoms with Crippen molar-refractivity contribution in [1.82, 2.24) is 0 Å². The predicted octanol–water partition coefficient (Wildman–Crippen LogP) is 3.39. The lowest BCUT2D eigenvalue weighted by atomic mass is 10.0. The molecule has 5 nitrogen and oxygen atoms in total. The van der Waals surface area contributed by atoms with Gasteiger partial charge in [0, 0.05) is 24.2 Å². The van der Waals surface area contributed by atoms with E-state index in [0.29, 0.717) is 5.56 Å². The highest BCUT2D eigenvalue weighted by Crippen LogP contribution is 2.26. The third-order valence-electron chi connectivity index (χ3n) is 4.83. The number of carbonyl (C=O) groups excluding carboxylic acids is 3. The summed E-state index contributed by atoms with van der Waals surface area (Å²) in [7, 11) is 0. The van der Waals surface area contributed by atoms with E-state index in [2.05, 4.69) is 0 Å². The number of carbonyl (C=O) groups is 3.